The van der Waals surface area contributed by atoms with Crippen molar-refractivity contribution in [1.29, 1.82) is 0 Å². The molecule has 3 aromatic rings. The number of thioether (sulfide) groups is 1. The lowest BCUT2D eigenvalue weighted by Crippen LogP contribution is -2.06. The largest absolute Gasteiger partial charge is 0.336 e. The number of unbranched alkanes of at least 4 members (excludes halogenated alkanes) is 8. The second-order valence-electron chi connectivity index (χ2n) is 8.02. The minimum absolute atomic E-state index is 0.462. The summed E-state index contributed by atoms with van der Waals surface area (Å²) in [6.07, 6.45) is 18.4. The number of nitrogens with zero attached hydrogens (tertiary/aromatic N) is 2. The van der Waals surface area contributed by atoms with E-state index in [9.17, 15) is 0 Å². The van der Waals surface area contributed by atoms with Crippen molar-refractivity contribution in [2.24, 2.45) is 0 Å². The third-order valence-electron chi connectivity index (χ3n) is 5.67. The third kappa shape index (κ3) is 7.22. The molecule has 1 atom stereocenters. The summed E-state index contributed by atoms with van der Waals surface area (Å²) in [4.78, 5) is 4.24. The van der Waals surface area contributed by atoms with E-state index in [1.54, 1.807) is 0 Å². The van der Waals surface area contributed by atoms with Gasteiger partial charge in [0.2, 0.25) is 0 Å². The summed E-state index contributed by atoms with van der Waals surface area (Å²) in [7, 11) is 0. The molecule has 0 aliphatic rings. The van der Waals surface area contributed by atoms with E-state index < -0.39 is 0 Å². The normalized spacial score (nSPS) is 12.4. The predicted octanol–water partition coefficient (Wildman–Crippen LogP) is 8.04. The molecule has 0 amide bonds. The number of hydrogen-bond donors (Lipinski definition) is 0. The van der Waals surface area contributed by atoms with Gasteiger partial charge in [-0.05, 0) is 28.5 Å². The summed E-state index contributed by atoms with van der Waals surface area (Å²) in [6, 6.07) is 15.5. The molecule has 3 heteroatoms. The molecule has 0 N–H and O–H groups in total. The summed E-state index contributed by atoms with van der Waals surface area (Å²) in [5, 5.41) is 3.19. The van der Waals surface area contributed by atoms with Gasteiger partial charge in [0.25, 0.3) is 0 Å². The predicted molar refractivity (Wildman–Crippen MR) is 129 cm³/mol. The van der Waals surface area contributed by atoms with Crippen molar-refractivity contribution in [3.63, 3.8) is 0 Å². The van der Waals surface area contributed by atoms with Crippen molar-refractivity contribution in [3.8, 4) is 0 Å². The van der Waals surface area contributed by atoms with Crippen molar-refractivity contribution in [3.05, 3.63) is 66.7 Å². The van der Waals surface area contributed by atoms with Crippen molar-refractivity contribution in [2.45, 2.75) is 76.5 Å². The van der Waals surface area contributed by atoms with Crippen LogP contribution in [0.1, 0.15) is 75.5 Å². The fourth-order valence-corrected chi connectivity index (χ4v) is 5.31. The van der Waals surface area contributed by atoms with Crippen molar-refractivity contribution in [1.82, 2.24) is 9.55 Å². The second-order valence-corrected chi connectivity index (χ2v) is 9.33. The molecule has 0 saturated heterocycles. The van der Waals surface area contributed by atoms with E-state index in [1.807, 2.05) is 12.5 Å². The van der Waals surface area contributed by atoms with Crippen LogP contribution >= 0.6 is 11.8 Å². The van der Waals surface area contributed by atoms with Crippen molar-refractivity contribution >= 4 is 22.5 Å². The van der Waals surface area contributed by atoms with E-state index in [0.717, 1.165) is 6.54 Å². The first-order valence-corrected chi connectivity index (χ1v) is 12.5. The van der Waals surface area contributed by atoms with Gasteiger partial charge in [-0.3, -0.25) is 0 Å². The van der Waals surface area contributed by atoms with Gasteiger partial charge in [-0.2, -0.15) is 11.8 Å². The lowest BCUT2D eigenvalue weighted by atomic mass is 10.0. The molecule has 0 bridgehead atoms. The lowest BCUT2D eigenvalue weighted by Gasteiger charge is -2.20. The maximum absolute atomic E-state index is 4.24. The standard InChI is InChI=1S/C26H36N2S/c1-2-3-4-5-6-7-8-9-12-20-29-26(21-28-19-18-27-22-28)25-17-13-15-23-14-10-11-16-24(23)25/h10-11,13-19,22,26H,2-9,12,20-21H2,1H3. The third-order valence-corrected chi connectivity index (χ3v) is 7.00. The number of fused-ring (bicyclic) bond motifs is 1. The Labute approximate surface area is 181 Å². The Morgan fingerprint density at radius 3 is 2.34 bits per heavy atom. The van der Waals surface area contributed by atoms with Gasteiger partial charge in [0.1, 0.15) is 0 Å². The van der Waals surface area contributed by atoms with Gasteiger partial charge in [-0.25, -0.2) is 4.98 Å². The second kappa shape index (κ2) is 12.7. The number of rotatable bonds is 14. The summed E-state index contributed by atoms with van der Waals surface area (Å²) in [5.74, 6) is 1.23. The maximum Gasteiger partial charge on any atom is 0.0946 e. The van der Waals surface area contributed by atoms with Gasteiger partial charge in [0, 0.05) is 24.2 Å². The quantitative estimate of drug-likeness (QED) is 0.251. The molecule has 3 rings (SSSR count). The zero-order chi connectivity index (χ0) is 20.2. The van der Waals surface area contributed by atoms with Gasteiger partial charge < -0.3 is 4.57 Å². The van der Waals surface area contributed by atoms with Crippen molar-refractivity contribution < 1.29 is 0 Å². The highest BCUT2D eigenvalue weighted by Gasteiger charge is 2.15. The molecule has 2 aromatic carbocycles. The molecule has 0 spiro atoms. The fraction of sp³-hybridized carbons (Fsp3) is 0.500. The minimum atomic E-state index is 0.462. The molecule has 29 heavy (non-hydrogen) atoms. The molecule has 0 fully saturated rings. The molecule has 1 unspecified atom stereocenters. The van der Waals surface area contributed by atoms with Gasteiger partial charge >= 0.3 is 0 Å². The summed E-state index contributed by atoms with van der Waals surface area (Å²) in [5.41, 5.74) is 1.46. The van der Waals surface area contributed by atoms with Crippen molar-refractivity contribution in [2.75, 3.05) is 5.75 Å². The first-order chi connectivity index (χ1) is 14.4. The Morgan fingerprint density at radius 2 is 1.59 bits per heavy atom. The molecule has 0 saturated carbocycles. The molecule has 1 aromatic heterocycles. The molecule has 0 aliphatic heterocycles. The summed E-state index contributed by atoms with van der Waals surface area (Å²) in [6.45, 7) is 3.27. The van der Waals surface area contributed by atoms with Gasteiger partial charge in [0.15, 0.2) is 0 Å². The zero-order valence-electron chi connectivity index (χ0n) is 17.9. The topological polar surface area (TPSA) is 17.8 Å². The summed E-state index contributed by atoms with van der Waals surface area (Å²) < 4.78 is 2.22. The lowest BCUT2D eigenvalue weighted by molar-refractivity contribution is 0.573. The van der Waals surface area contributed by atoms with Gasteiger partial charge in [-0.15, -0.1) is 0 Å². The SMILES string of the molecule is CCCCCCCCCCCSC(Cn1ccnc1)c1cccc2ccccc12. The van der Waals surface area contributed by atoms with E-state index in [-0.39, 0.29) is 0 Å². The van der Waals surface area contributed by atoms with Crippen LogP contribution in [0.15, 0.2) is 61.2 Å². The van der Waals surface area contributed by atoms with Crippen LogP contribution in [0.4, 0.5) is 0 Å². The van der Waals surface area contributed by atoms with Gasteiger partial charge in [-0.1, -0.05) is 101 Å². The van der Waals surface area contributed by atoms with Crippen LogP contribution in [0.2, 0.25) is 0 Å². The van der Waals surface area contributed by atoms with Gasteiger partial charge in [0.05, 0.1) is 6.33 Å². The van der Waals surface area contributed by atoms with E-state index in [1.165, 1.54) is 79.9 Å². The van der Waals surface area contributed by atoms with Crippen LogP contribution in [-0.2, 0) is 6.54 Å². The maximum atomic E-state index is 4.24. The highest BCUT2D eigenvalue weighted by Crippen LogP contribution is 2.35. The molecular formula is C26H36N2S. The Bertz CT molecular complexity index is 807. The number of aromatic nitrogens is 2. The molecule has 1 heterocycles. The Hall–Kier alpha value is -1.74. The Kier molecular flexibility index (Phi) is 9.65. The van der Waals surface area contributed by atoms with Crippen LogP contribution in [0.3, 0.4) is 0 Å². The number of imidazole rings is 1. The Balaban J connectivity index is 1.51. The summed E-state index contributed by atoms with van der Waals surface area (Å²) >= 11 is 2.11. The van der Waals surface area contributed by atoms with Crippen LogP contribution in [0.25, 0.3) is 10.8 Å². The molecule has 0 radical (unpaired) electrons. The average Bonchev–Trinajstić information content (AvgIpc) is 3.27. The van der Waals surface area contributed by atoms with E-state index in [2.05, 4.69) is 76.9 Å². The first kappa shape index (κ1) is 22.0. The highest BCUT2D eigenvalue weighted by molar-refractivity contribution is 7.99. The molecule has 156 valence electrons. The van der Waals surface area contributed by atoms with Crippen LogP contribution in [0.5, 0.6) is 0 Å². The van der Waals surface area contributed by atoms with E-state index >= 15 is 0 Å². The minimum Gasteiger partial charge on any atom is -0.336 e. The van der Waals surface area contributed by atoms with Crippen LogP contribution in [-0.4, -0.2) is 15.3 Å². The monoisotopic (exact) mass is 408 g/mol. The van der Waals surface area contributed by atoms with E-state index in [0.29, 0.717) is 5.25 Å². The van der Waals surface area contributed by atoms with Crippen LogP contribution < -0.4 is 0 Å². The van der Waals surface area contributed by atoms with E-state index in [4.69, 9.17) is 0 Å². The zero-order valence-corrected chi connectivity index (χ0v) is 18.7. The average molecular weight is 409 g/mol. The highest BCUT2D eigenvalue weighted by atomic mass is 32.2. The molecule has 2 nitrogen and oxygen atoms in total. The smallest absolute Gasteiger partial charge is 0.0946 e. The molecule has 0 aliphatic carbocycles. The molecular weight excluding hydrogens is 372 g/mol. The fourth-order valence-electron chi connectivity index (χ4n) is 4.00. The number of benzene rings is 2. The number of hydrogen-bond acceptors (Lipinski definition) is 2. The first-order valence-electron chi connectivity index (χ1n) is 11.4. The van der Waals surface area contributed by atoms with Crippen LogP contribution in [0, 0.1) is 0 Å². The Morgan fingerprint density at radius 1 is 0.862 bits per heavy atom.